The zero-order valence-corrected chi connectivity index (χ0v) is 20.0. The number of aliphatic imine (C=N–C) groups is 1. The Balaban J connectivity index is 0.00000392. The van der Waals surface area contributed by atoms with Gasteiger partial charge in [-0.25, -0.2) is 0 Å². The molecule has 1 atom stereocenters. The van der Waals surface area contributed by atoms with Crippen molar-refractivity contribution in [3.05, 3.63) is 29.3 Å². The quantitative estimate of drug-likeness (QED) is 0.221. The Bertz CT molecular complexity index is 590. The zero-order chi connectivity index (χ0) is 19.5. The van der Waals surface area contributed by atoms with Crippen LogP contribution in [0.5, 0.6) is 5.75 Å². The first-order chi connectivity index (χ1) is 13.1. The maximum absolute atomic E-state index is 6.06. The third-order valence-electron chi connectivity index (χ3n) is 4.33. The zero-order valence-electron chi connectivity index (χ0n) is 17.6. The summed E-state index contributed by atoms with van der Waals surface area (Å²) in [6.45, 7) is 10.6. The summed E-state index contributed by atoms with van der Waals surface area (Å²) in [6, 6.07) is 6.29. The van der Waals surface area contributed by atoms with Gasteiger partial charge in [-0.15, -0.1) is 24.0 Å². The van der Waals surface area contributed by atoms with E-state index in [9.17, 15) is 0 Å². The van der Waals surface area contributed by atoms with Crippen LogP contribution < -0.4 is 15.4 Å². The highest BCUT2D eigenvalue weighted by Crippen LogP contribution is 2.22. The first-order valence-electron chi connectivity index (χ1n) is 9.94. The molecular formula is C21H36IN3O3. The number of ether oxygens (including phenoxy) is 3. The normalized spacial score (nSPS) is 16.8. The molecular weight excluding hydrogens is 469 g/mol. The number of guanidine groups is 1. The molecule has 7 heteroatoms. The van der Waals surface area contributed by atoms with E-state index in [0.29, 0.717) is 25.7 Å². The van der Waals surface area contributed by atoms with Crippen LogP contribution in [0.15, 0.2) is 23.2 Å². The Morgan fingerprint density at radius 2 is 2.14 bits per heavy atom. The monoisotopic (exact) mass is 505 g/mol. The molecule has 1 heterocycles. The number of halogens is 1. The van der Waals surface area contributed by atoms with Crippen LogP contribution in [0.1, 0.15) is 37.8 Å². The molecule has 1 aromatic carbocycles. The molecule has 2 rings (SSSR count). The summed E-state index contributed by atoms with van der Waals surface area (Å²) in [7, 11) is 1.77. The average Bonchev–Trinajstić information content (AvgIpc) is 3.16. The van der Waals surface area contributed by atoms with Crippen molar-refractivity contribution in [2.75, 3.05) is 40.0 Å². The van der Waals surface area contributed by atoms with Gasteiger partial charge in [-0.05, 0) is 37.3 Å². The van der Waals surface area contributed by atoms with E-state index in [1.807, 2.05) is 0 Å². The van der Waals surface area contributed by atoms with Crippen LogP contribution in [0.3, 0.4) is 0 Å². The molecule has 0 radical (unpaired) electrons. The second-order valence-corrected chi connectivity index (χ2v) is 7.38. The van der Waals surface area contributed by atoms with E-state index in [1.165, 1.54) is 5.56 Å². The highest BCUT2D eigenvalue weighted by Gasteiger charge is 2.17. The predicted molar refractivity (Wildman–Crippen MR) is 125 cm³/mol. The van der Waals surface area contributed by atoms with E-state index in [1.54, 1.807) is 7.05 Å². The van der Waals surface area contributed by atoms with Crippen molar-refractivity contribution in [1.29, 1.82) is 0 Å². The lowest BCUT2D eigenvalue weighted by Crippen LogP contribution is -2.38. The molecule has 1 aromatic rings. The molecule has 160 valence electrons. The molecule has 6 nitrogen and oxygen atoms in total. The third kappa shape index (κ3) is 9.43. The van der Waals surface area contributed by atoms with Crippen molar-refractivity contribution < 1.29 is 14.2 Å². The van der Waals surface area contributed by atoms with Crippen LogP contribution in [0.2, 0.25) is 0 Å². The lowest BCUT2D eigenvalue weighted by atomic mass is 10.1. The van der Waals surface area contributed by atoms with Gasteiger partial charge < -0.3 is 24.8 Å². The van der Waals surface area contributed by atoms with Gasteiger partial charge >= 0.3 is 0 Å². The van der Waals surface area contributed by atoms with Crippen molar-refractivity contribution in [2.45, 2.75) is 46.3 Å². The van der Waals surface area contributed by atoms with Crippen LogP contribution in [-0.4, -0.2) is 52.1 Å². The number of hydrogen-bond donors (Lipinski definition) is 2. The van der Waals surface area contributed by atoms with Crippen molar-refractivity contribution >= 4 is 29.9 Å². The lowest BCUT2D eigenvalue weighted by Gasteiger charge is -2.17. The van der Waals surface area contributed by atoms with Gasteiger partial charge in [0.2, 0.25) is 0 Å². The molecule has 0 bridgehead atoms. The minimum Gasteiger partial charge on any atom is -0.491 e. The molecule has 0 spiro atoms. The topological polar surface area (TPSA) is 64.1 Å². The van der Waals surface area contributed by atoms with Gasteiger partial charge in [-0.3, -0.25) is 4.99 Å². The Morgan fingerprint density at radius 1 is 1.32 bits per heavy atom. The molecule has 1 aliphatic rings. The highest BCUT2D eigenvalue weighted by molar-refractivity contribution is 14.0. The molecule has 2 N–H and O–H groups in total. The number of nitrogens with zero attached hydrogens (tertiary/aromatic N) is 1. The first kappa shape index (κ1) is 25.0. The molecule has 1 unspecified atom stereocenters. The fourth-order valence-electron chi connectivity index (χ4n) is 2.86. The molecule has 28 heavy (non-hydrogen) atoms. The Labute approximate surface area is 186 Å². The molecule has 0 saturated carbocycles. The second kappa shape index (κ2) is 14.0. The van der Waals surface area contributed by atoms with Crippen molar-refractivity contribution in [2.24, 2.45) is 10.9 Å². The number of nitrogens with one attached hydrogen (secondary N) is 2. The fourth-order valence-corrected chi connectivity index (χ4v) is 2.86. The summed E-state index contributed by atoms with van der Waals surface area (Å²) in [4.78, 5) is 4.27. The van der Waals surface area contributed by atoms with E-state index in [4.69, 9.17) is 14.2 Å². The molecule has 0 aliphatic carbocycles. The molecule has 1 fully saturated rings. The molecule has 1 aliphatic heterocycles. The van der Waals surface area contributed by atoms with Gasteiger partial charge in [0.25, 0.3) is 0 Å². The summed E-state index contributed by atoms with van der Waals surface area (Å²) in [5.41, 5.74) is 2.29. The Kier molecular flexibility index (Phi) is 12.5. The van der Waals surface area contributed by atoms with Crippen molar-refractivity contribution in [3.8, 4) is 5.75 Å². The largest absolute Gasteiger partial charge is 0.491 e. The summed E-state index contributed by atoms with van der Waals surface area (Å²) in [5.74, 6) is 2.22. The van der Waals surface area contributed by atoms with E-state index < -0.39 is 0 Å². The second-order valence-electron chi connectivity index (χ2n) is 7.38. The standard InChI is InChI=1S/C21H35N3O3.HI/c1-16(2)14-25-11-9-23-21(22-4)24-13-18-8-7-17(3)12-20(18)27-15-19-6-5-10-26-19;/h7-8,12,16,19H,5-6,9-11,13-15H2,1-4H3,(H2,22,23,24);1H. The molecule has 0 aromatic heterocycles. The van der Waals surface area contributed by atoms with Gasteiger partial charge in [0.1, 0.15) is 12.4 Å². The van der Waals surface area contributed by atoms with E-state index in [0.717, 1.165) is 49.9 Å². The van der Waals surface area contributed by atoms with Gasteiger partial charge in [0.15, 0.2) is 5.96 Å². The maximum Gasteiger partial charge on any atom is 0.191 e. The number of hydrogen-bond acceptors (Lipinski definition) is 4. The Morgan fingerprint density at radius 3 is 2.82 bits per heavy atom. The van der Waals surface area contributed by atoms with Crippen molar-refractivity contribution in [3.63, 3.8) is 0 Å². The smallest absolute Gasteiger partial charge is 0.191 e. The number of benzene rings is 1. The maximum atomic E-state index is 6.06. The van der Waals surface area contributed by atoms with E-state index in [-0.39, 0.29) is 30.1 Å². The molecule has 0 amide bonds. The van der Waals surface area contributed by atoms with Gasteiger partial charge in [-0.1, -0.05) is 26.0 Å². The van der Waals surface area contributed by atoms with E-state index in [2.05, 4.69) is 54.6 Å². The van der Waals surface area contributed by atoms with Crippen LogP contribution in [0.25, 0.3) is 0 Å². The Hall–Kier alpha value is -1.06. The molecule has 1 saturated heterocycles. The third-order valence-corrected chi connectivity index (χ3v) is 4.33. The lowest BCUT2D eigenvalue weighted by molar-refractivity contribution is 0.0676. The van der Waals surface area contributed by atoms with Crippen LogP contribution >= 0.6 is 24.0 Å². The fraction of sp³-hybridized carbons (Fsp3) is 0.667. The highest BCUT2D eigenvalue weighted by atomic mass is 127. The van der Waals surface area contributed by atoms with Crippen LogP contribution in [0, 0.1) is 12.8 Å². The minimum atomic E-state index is 0. The minimum absolute atomic E-state index is 0. The van der Waals surface area contributed by atoms with Gasteiger partial charge in [0.05, 0.1) is 12.7 Å². The SMILES string of the molecule is CN=C(NCCOCC(C)C)NCc1ccc(C)cc1OCC1CCCO1.I. The summed E-state index contributed by atoms with van der Waals surface area (Å²) in [5, 5.41) is 6.62. The van der Waals surface area contributed by atoms with Crippen molar-refractivity contribution in [1.82, 2.24) is 10.6 Å². The predicted octanol–water partition coefficient (Wildman–Crippen LogP) is 3.51. The summed E-state index contributed by atoms with van der Waals surface area (Å²) >= 11 is 0. The average molecular weight is 505 g/mol. The summed E-state index contributed by atoms with van der Waals surface area (Å²) < 4.78 is 17.3. The number of rotatable bonds is 10. The summed E-state index contributed by atoms with van der Waals surface area (Å²) in [6.07, 6.45) is 2.42. The first-order valence-corrected chi connectivity index (χ1v) is 9.94. The van der Waals surface area contributed by atoms with Crippen LogP contribution in [0.4, 0.5) is 0 Å². The number of aryl methyl sites for hydroxylation is 1. The van der Waals surface area contributed by atoms with Crippen LogP contribution in [-0.2, 0) is 16.0 Å². The van der Waals surface area contributed by atoms with Gasteiger partial charge in [-0.2, -0.15) is 0 Å². The van der Waals surface area contributed by atoms with Gasteiger partial charge in [0, 0.05) is 38.9 Å². The van der Waals surface area contributed by atoms with E-state index >= 15 is 0 Å².